The minimum atomic E-state index is -0.416. The van der Waals surface area contributed by atoms with Gasteiger partial charge in [-0.05, 0) is 12.8 Å². The van der Waals surface area contributed by atoms with Crippen LogP contribution < -0.4 is 5.32 Å². The van der Waals surface area contributed by atoms with Gasteiger partial charge >= 0.3 is 0 Å². The number of carbonyl (C=O) groups is 1. The Morgan fingerprint density at radius 3 is 2.79 bits per heavy atom. The Morgan fingerprint density at radius 2 is 2.29 bits per heavy atom. The fourth-order valence-corrected chi connectivity index (χ4v) is 2.12. The van der Waals surface area contributed by atoms with Crippen molar-refractivity contribution in [2.75, 3.05) is 25.2 Å². The lowest BCUT2D eigenvalue weighted by atomic mass is 10.2. The molecule has 0 aromatic rings. The van der Waals surface area contributed by atoms with Crippen LogP contribution in [0.5, 0.6) is 0 Å². The SMILES string of the molecule is O=C(NC1(CBr)CC1)C1COCCO1. The molecule has 2 fully saturated rings. The quantitative estimate of drug-likeness (QED) is 0.753. The van der Waals surface area contributed by atoms with Crippen molar-refractivity contribution in [2.24, 2.45) is 0 Å². The predicted octanol–water partition coefficient (Wildman–Crippen LogP) is 0.445. The van der Waals surface area contributed by atoms with Crippen LogP contribution >= 0.6 is 15.9 Å². The second-order valence-electron chi connectivity index (χ2n) is 3.84. The second-order valence-corrected chi connectivity index (χ2v) is 4.40. The zero-order valence-corrected chi connectivity index (χ0v) is 9.51. The molecule has 4 nitrogen and oxygen atoms in total. The summed E-state index contributed by atoms with van der Waals surface area (Å²) < 4.78 is 10.5. The summed E-state index contributed by atoms with van der Waals surface area (Å²) in [5, 5.41) is 3.81. The number of nitrogens with one attached hydrogen (secondary N) is 1. The van der Waals surface area contributed by atoms with E-state index in [1.54, 1.807) is 0 Å². The van der Waals surface area contributed by atoms with E-state index in [4.69, 9.17) is 9.47 Å². The van der Waals surface area contributed by atoms with Gasteiger partial charge in [0, 0.05) is 10.9 Å². The number of halogens is 1. The summed E-state index contributed by atoms with van der Waals surface area (Å²) in [4.78, 5) is 11.7. The van der Waals surface area contributed by atoms with E-state index in [1.165, 1.54) is 0 Å². The van der Waals surface area contributed by atoms with Crippen LogP contribution in [-0.4, -0.2) is 42.7 Å². The van der Waals surface area contributed by atoms with Gasteiger partial charge in [0.05, 0.1) is 19.8 Å². The van der Waals surface area contributed by atoms with Gasteiger partial charge in [-0.15, -0.1) is 0 Å². The Morgan fingerprint density at radius 1 is 1.50 bits per heavy atom. The molecule has 1 atom stereocenters. The lowest BCUT2D eigenvalue weighted by Crippen LogP contribution is -2.48. The molecule has 0 spiro atoms. The maximum atomic E-state index is 11.7. The number of ether oxygens (including phenoxy) is 2. The summed E-state index contributed by atoms with van der Waals surface area (Å²) in [5.74, 6) is -0.0401. The molecule has 0 aromatic carbocycles. The third kappa shape index (κ3) is 2.27. The first-order valence-corrected chi connectivity index (χ1v) is 5.95. The minimum Gasteiger partial charge on any atom is -0.376 e. The highest BCUT2D eigenvalue weighted by atomic mass is 79.9. The molecule has 1 heterocycles. The van der Waals surface area contributed by atoms with Crippen LogP contribution in [0.15, 0.2) is 0 Å². The lowest BCUT2D eigenvalue weighted by Gasteiger charge is -2.24. The summed E-state index contributed by atoms with van der Waals surface area (Å²) in [5.41, 5.74) is -0.00209. The van der Waals surface area contributed by atoms with Crippen molar-refractivity contribution in [3.8, 4) is 0 Å². The third-order valence-electron chi connectivity index (χ3n) is 2.61. The van der Waals surface area contributed by atoms with Crippen LogP contribution in [0, 0.1) is 0 Å². The van der Waals surface area contributed by atoms with Crippen LogP contribution in [0.1, 0.15) is 12.8 Å². The Balaban J connectivity index is 1.82. The van der Waals surface area contributed by atoms with E-state index in [2.05, 4.69) is 21.2 Å². The van der Waals surface area contributed by atoms with E-state index in [0.717, 1.165) is 18.2 Å². The van der Waals surface area contributed by atoms with Crippen LogP contribution in [0.25, 0.3) is 0 Å². The van der Waals surface area contributed by atoms with E-state index < -0.39 is 6.10 Å². The zero-order chi connectivity index (χ0) is 10.0. The first-order valence-electron chi connectivity index (χ1n) is 4.83. The van der Waals surface area contributed by atoms with E-state index in [1.807, 2.05) is 0 Å². The van der Waals surface area contributed by atoms with Gasteiger partial charge in [0.1, 0.15) is 0 Å². The summed E-state index contributed by atoms with van der Waals surface area (Å²) in [6.07, 6.45) is 1.69. The number of amides is 1. The number of hydrogen-bond acceptors (Lipinski definition) is 3. The van der Waals surface area contributed by atoms with Gasteiger partial charge in [-0.3, -0.25) is 4.79 Å². The van der Waals surface area contributed by atoms with E-state index in [9.17, 15) is 4.79 Å². The summed E-state index contributed by atoms with van der Waals surface area (Å²) >= 11 is 3.40. The highest BCUT2D eigenvalue weighted by molar-refractivity contribution is 9.09. The van der Waals surface area contributed by atoms with Gasteiger partial charge in [0.15, 0.2) is 6.10 Å². The normalized spacial score (nSPS) is 29.6. The van der Waals surface area contributed by atoms with Crippen molar-refractivity contribution in [3.05, 3.63) is 0 Å². The Bertz CT molecular complexity index is 224. The van der Waals surface area contributed by atoms with E-state index >= 15 is 0 Å². The molecule has 1 unspecified atom stereocenters. The first-order chi connectivity index (χ1) is 6.76. The molecule has 2 aliphatic rings. The van der Waals surface area contributed by atoms with Gasteiger partial charge in [-0.25, -0.2) is 0 Å². The molecule has 0 bridgehead atoms. The number of carbonyl (C=O) groups excluding carboxylic acids is 1. The van der Waals surface area contributed by atoms with Crippen molar-refractivity contribution in [2.45, 2.75) is 24.5 Å². The summed E-state index contributed by atoms with van der Waals surface area (Å²) in [7, 11) is 0. The topological polar surface area (TPSA) is 47.6 Å². The Labute approximate surface area is 91.5 Å². The Hall–Kier alpha value is -0.130. The molecule has 5 heteroatoms. The maximum absolute atomic E-state index is 11.7. The standard InChI is InChI=1S/C9H14BrNO3/c10-6-9(1-2-9)11-8(12)7-5-13-3-4-14-7/h7H,1-6H2,(H,11,12). The maximum Gasteiger partial charge on any atom is 0.252 e. The average Bonchev–Trinajstić information content (AvgIpc) is 3.00. The molecule has 14 heavy (non-hydrogen) atoms. The van der Waals surface area contributed by atoms with Crippen molar-refractivity contribution in [3.63, 3.8) is 0 Å². The minimum absolute atomic E-state index is 0.00209. The van der Waals surface area contributed by atoms with Crippen molar-refractivity contribution in [1.29, 1.82) is 0 Å². The molecule has 2 rings (SSSR count). The molecule has 1 saturated carbocycles. The fourth-order valence-electron chi connectivity index (χ4n) is 1.42. The molecule has 1 amide bonds. The summed E-state index contributed by atoms with van der Waals surface area (Å²) in [6, 6.07) is 0. The molecule has 1 aliphatic carbocycles. The number of alkyl halides is 1. The predicted molar refractivity (Wildman–Crippen MR) is 54.5 cm³/mol. The smallest absolute Gasteiger partial charge is 0.252 e. The zero-order valence-electron chi connectivity index (χ0n) is 7.92. The van der Waals surface area contributed by atoms with Crippen LogP contribution in [-0.2, 0) is 14.3 Å². The van der Waals surface area contributed by atoms with Crippen molar-refractivity contribution in [1.82, 2.24) is 5.32 Å². The van der Waals surface area contributed by atoms with Crippen LogP contribution in [0.2, 0.25) is 0 Å². The third-order valence-corrected chi connectivity index (χ3v) is 3.68. The molecule has 1 aliphatic heterocycles. The molecular formula is C9H14BrNO3. The van der Waals surface area contributed by atoms with E-state index in [-0.39, 0.29) is 11.4 Å². The second kappa shape index (κ2) is 4.16. The molecular weight excluding hydrogens is 250 g/mol. The van der Waals surface area contributed by atoms with Gasteiger partial charge in [-0.1, -0.05) is 15.9 Å². The lowest BCUT2D eigenvalue weighted by molar-refractivity contribution is -0.148. The largest absolute Gasteiger partial charge is 0.376 e. The van der Waals surface area contributed by atoms with Crippen LogP contribution in [0.4, 0.5) is 0 Å². The Kier molecular flexibility index (Phi) is 3.09. The molecule has 1 saturated heterocycles. The van der Waals surface area contributed by atoms with E-state index in [0.29, 0.717) is 19.8 Å². The van der Waals surface area contributed by atoms with Crippen molar-refractivity contribution >= 4 is 21.8 Å². The first kappa shape index (κ1) is 10.4. The average molecular weight is 264 g/mol. The monoisotopic (exact) mass is 263 g/mol. The highest BCUT2D eigenvalue weighted by Crippen LogP contribution is 2.37. The summed E-state index contributed by atoms with van der Waals surface area (Å²) in [6.45, 7) is 1.48. The van der Waals surface area contributed by atoms with Gasteiger partial charge in [-0.2, -0.15) is 0 Å². The highest BCUT2D eigenvalue weighted by Gasteiger charge is 2.44. The van der Waals surface area contributed by atoms with Gasteiger partial charge in [0.2, 0.25) is 0 Å². The molecule has 0 aromatic heterocycles. The molecule has 1 N–H and O–H groups in total. The van der Waals surface area contributed by atoms with Crippen molar-refractivity contribution < 1.29 is 14.3 Å². The van der Waals surface area contributed by atoms with Crippen LogP contribution in [0.3, 0.4) is 0 Å². The fraction of sp³-hybridized carbons (Fsp3) is 0.889. The van der Waals surface area contributed by atoms with Gasteiger partial charge in [0.25, 0.3) is 5.91 Å². The van der Waals surface area contributed by atoms with Gasteiger partial charge < -0.3 is 14.8 Å². The number of hydrogen-bond donors (Lipinski definition) is 1. The number of rotatable bonds is 3. The molecule has 0 radical (unpaired) electrons. The molecule has 80 valence electrons.